The Morgan fingerprint density at radius 3 is 2.60 bits per heavy atom. The zero-order valence-electron chi connectivity index (χ0n) is 13.4. The molecular weight excluding hydrogens is 336 g/mol. The lowest BCUT2D eigenvalue weighted by atomic mass is 10.2. The first kappa shape index (κ1) is 15.5. The highest BCUT2D eigenvalue weighted by molar-refractivity contribution is 7.98. The van der Waals surface area contributed by atoms with E-state index in [1.54, 1.807) is 12.4 Å². The van der Waals surface area contributed by atoms with Crippen LogP contribution in [0.2, 0.25) is 0 Å². The molecule has 4 aromatic rings. The van der Waals surface area contributed by atoms with E-state index in [9.17, 15) is 0 Å². The minimum Gasteiger partial charge on any atom is -0.338 e. The lowest BCUT2D eigenvalue weighted by Crippen LogP contribution is -1.95. The zero-order chi connectivity index (χ0) is 17.1. The second kappa shape index (κ2) is 6.86. The molecule has 1 aromatic carbocycles. The lowest BCUT2D eigenvalue weighted by Gasteiger charge is -2.02. The fourth-order valence-corrected chi connectivity index (χ4v) is 3.09. The Kier molecular flexibility index (Phi) is 4.26. The molecule has 0 unspecified atom stereocenters. The molecule has 0 bridgehead atoms. The largest absolute Gasteiger partial charge is 0.338 e. The molecule has 0 amide bonds. The molecule has 0 saturated carbocycles. The molecule has 3 heterocycles. The highest BCUT2D eigenvalue weighted by Gasteiger charge is 2.14. The van der Waals surface area contributed by atoms with Gasteiger partial charge in [0, 0.05) is 30.6 Å². The van der Waals surface area contributed by atoms with Gasteiger partial charge in [-0.3, -0.25) is 4.98 Å². The van der Waals surface area contributed by atoms with Gasteiger partial charge in [0.15, 0.2) is 11.0 Å². The van der Waals surface area contributed by atoms with Crippen molar-refractivity contribution < 1.29 is 4.52 Å². The summed E-state index contributed by atoms with van der Waals surface area (Å²) in [6, 6.07) is 13.6. The number of hydrogen-bond acceptors (Lipinski definition) is 7. The Balaban J connectivity index is 1.48. The Morgan fingerprint density at radius 1 is 1.00 bits per heavy atom. The summed E-state index contributed by atoms with van der Waals surface area (Å²) in [5.41, 5.74) is 1.90. The number of rotatable bonds is 5. The minimum atomic E-state index is 0.530. The lowest BCUT2D eigenvalue weighted by molar-refractivity contribution is 0.391. The van der Waals surface area contributed by atoms with Gasteiger partial charge in [0.1, 0.15) is 0 Å². The average Bonchev–Trinajstić information content (AvgIpc) is 3.28. The molecule has 0 atom stereocenters. The second-order valence-electron chi connectivity index (χ2n) is 5.27. The normalized spacial score (nSPS) is 10.9. The molecule has 0 aliphatic carbocycles. The summed E-state index contributed by atoms with van der Waals surface area (Å²) < 4.78 is 7.26. The van der Waals surface area contributed by atoms with Gasteiger partial charge in [-0.25, -0.2) is 0 Å². The molecule has 124 valence electrons. The standard InChI is InChI=1S/C17H14N6OS/c1-23-16(13-7-9-18-10-8-13)20-21-17(23)25-11-14-19-15(22-24-14)12-5-3-2-4-6-12/h2-10H,11H2,1H3. The maximum absolute atomic E-state index is 5.32. The molecule has 3 aromatic heterocycles. The number of nitrogens with zero attached hydrogens (tertiary/aromatic N) is 6. The average molecular weight is 350 g/mol. The van der Waals surface area contributed by atoms with E-state index in [0.717, 1.165) is 22.1 Å². The molecule has 0 aliphatic heterocycles. The molecule has 0 aliphatic rings. The van der Waals surface area contributed by atoms with Gasteiger partial charge in [0.25, 0.3) is 0 Å². The maximum atomic E-state index is 5.32. The van der Waals surface area contributed by atoms with Crippen LogP contribution in [0.4, 0.5) is 0 Å². The highest BCUT2D eigenvalue weighted by Crippen LogP contribution is 2.25. The third-order valence-corrected chi connectivity index (χ3v) is 4.60. The second-order valence-corrected chi connectivity index (χ2v) is 6.21. The molecule has 0 spiro atoms. The van der Waals surface area contributed by atoms with Crippen molar-refractivity contribution in [3.8, 4) is 22.8 Å². The van der Waals surface area contributed by atoms with Gasteiger partial charge in [0.2, 0.25) is 11.7 Å². The monoisotopic (exact) mass is 350 g/mol. The predicted molar refractivity (Wildman–Crippen MR) is 93.5 cm³/mol. The third-order valence-electron chi connectivity index (χ3n) is 3.60. The quantitative estimate of drug-likeness (QED) is 0.511. The van der Waals surface area contributed by atoms with Crippen LogP contribution in [0.3, 0.4) is 0 Å². The van der Waals surface area contributed by atoms with Gasteiger partial charge in [-0.15, -0.1) is 10.2 Å². The fraction of sp³-hybridized carbons (Fsp3) is 0.118. The summed E-state index contributed by atoms with van der Waals surface area (Å²) in [5, 5.41) is 13.3. The van der Waals surface area contributed by atoms with E-state index in [1.807, 2.05) is 54.1 Å². The van der Waals surface area contributed by atoms with E-state index in [-0.39, 0.29) is 0 Å². The number of aromatic nitrogens is 6. The molecule has 0 N–H and O–H groups in total. The van der Waals surface area contributed by atoms with Crippen molar-refractivity contribution in [2.45, 2.75) is 10.9 Å². The summed E-state index contributed by atoms with van der Waals surface area (Å²) in [6.45, 7) is 0. The summed E-state index contributed by atoms with van der Waals surface area (Å²) in [5.74, 6) is 2.46. The summed E-state index contributed by atoms with van der Waals surface area (Å²) in [7, 11) is 1.93. The smallest absolute Gasteiger partial charge is 0.237 e. The first-order chi connectivity index (χ1) is 12.3. The van der Waals surface area contributed by atoms with Crippen molar-refractivity contribution in [3.05, 3.63) is 60.7 Å². The zero-order valence-corrected chi connectivity index (χ0v) is 14.2. The molecule has 25 heavy (non-hydrogen) atoms. The molecule has 7 nitrogen and oxygen atoms in total. The molecule has 8 heteroatoms. The molecule has 0 saturated heterocycles. The Labute approximate surface area is 148 Å². The Hall–Kier alpha value is -3.00. The number of benzene rings is 1. The van der Waals surface area contributed by atoms with Crippen LogP contribution in [-0.4, -0.2) is 29.9 Å². The van der Waals surface area contributed by atoms with Gasteiger partial charge in [-0.05, 0) is 12.1 Å². The minimum absolute atomic E-state index is 0.530. The number of pyridine rings is 1. The van der Waals surface area contributed by atoms with Crippen LogP contribution >= 0.6 is 11.8 Å². The van der Waals surface area contributed by atoms with Gasteiger partial charge >= 0.3 is 0 Å². The molecule has 0 fully saturated rings. The molecule has 0 radical (unpaired) electrons. The van der Waals surface area contributed by atoms with E-state index >= 15 is 0 Å². The maximum Gasteiger partial charge on any atom is 0.237 e. The summed E-state index contributed by atoms with van der Waals surface area (Å²) in [4.78, 5) is 8.45. The Bertz CT molecular complexity index is 967. The van der Waals surface area contributed by atoms with Crippen LogP contribution in [0.15, 0.2) is 64.5 Å². The topological polar surface area (TPSA) is 82.5 Å². The molecular formula is C17H14N6OS. The van der Waals surface area contributed by atoms with Crippen molar-refractivity contribution in [2.24, 2.45) is 7.05 Å². The van der Waals surface area contributed by atoms with Crippen LogP contribution < -0.4 is 0 Å². The summed E-state index contributed by atoms with van der Waals surface area (Å²) >= 11 is 1.50. The van der Waals surface area contributed by atoms with E-state index < -0.39 is 0 Å². The van der Waals surface area contributed by atoms with Crippen molar-refractivity contribution in [3.63, 3.8) is 0 Å². The number of hydrogen-bond donors (Lipinski definition) is 0. The van der Waals surface area contributed by atoms with Crippen LogP contribution in [-0.2, 0) is 12.8 Å². The van der Waals surface area contributed by atoms with Crippen molar-refractivity contribution in [1.82, 2.24) is 29.9 Å². The van der Waals surface area contributed by atoms with E-state index in [1.165, 1.54) is 11.8 Å². The van der Waals surface area contributed by atoms with Gasteiger partial charge < -0.3 is 9.09 Å². The summed E-state index contributed by atoms with van der Waals surface area (Å²) in [6.07, 6.45) is 3.47. The fourth-order valence-electron chi connectivity index (χ4n) is 2.34. The Morgan fingerprint density at radius 2 is 1.80 bits per heavy atom. The van der Waals surface area contributed by atoms with Crippen molar-refractivity contribution >= 4 is 11.8 Å². The van der Waals surface area contributed by atoms with Gasteiger partial charge in [0.05, 0.1) is 5.75 Å². The third kappa shape index (κ3) is 3.29. The predicted octanol–water partition coefficient (Wildman–Crippen LogP) is 3.22. The molecule has 4 rings (SSSR count). The van der Waals surface area contributed by atoms with Crippen molar-refractivity contribution in [1.29, 1.82) is 0 Å². The van der Waals surface area contributed by atoms with E-state index in [0.29, 0.717) is 17.5 Å². The van der Waals surface area contributed by atoms with E-state index in [4.69, 9.17) is 4.52 Å². The highest BCUT2D eigenvalue weighted by atomic mass is 32.2. The first-order valence-electron chi connectivity index (χ1n) is 7.62. The van der Waals surface area contributed by atoms with Crippen LogP contribution in [0.1, 0.15) is 5.89 Å². The van der Waals surface area contributed by atoms with Crippen molar-refractivity contribution in [2.75, 3.05) is 0 Å². The van der Waals surface area contributed by atoms with Crippen LogP contribution in [0, 0.1) is 0 Å². The van der Waals surface area contributed by atoms with Crippen LogP contribution in [0.25, 0.3) is 22.8 Å². The van der Waals surface area contributed by atoms with Gasteiger partial charge in [-0.1, -0.05) is 47.3 Å². The van der Waals surface area contributed by atoms with E-state index in [2.05, 4.69) is 25.3 Å². The van der Waals surface area contributed by atoms with Crippen LogP contribution in [0.5, 0.6) is 0 Å². The first-order valence-corrected chi connectivity index (χ1v) is 8.60. The van der Waals surface area contributed by atoms with Gasteiger partial charge in [-0.2, -0.15) is 4.98 Å². The number of thioether (sulfide) groups is 1. The SMILES string of the molecule is Cn1c(SCc2nc(-c3ccccc3)no2)nnc1-c1ccncc1.